The summed E-state index contributed by atoms with van der Waals surface area (Å²) in [7, 11) is 0. The van der Waals surface area contributed by atoms with Gasteiger partial charge >= 0.3 is 0 Å². The van der Waals surface area contributed by atoms with Crippen molar-refractivity contribution in [2.24, 2.45) is 0 Å². The molecule has 100 valence electrons. The highest BCUT2D eigenvalue weighted by atomic mass is 127. The summed E-state index contributed by atoms with van der Waals surface area (Å²) in [4.78, 5) is 0. The van der Waals surface area contributed by atoms with Crippen LogP contribution in [-0.4, -0.2) is 9.78 Å². The van der Waals surface area contributed by atoms with Crippen LogP contribution in [-0.2, 0) is 6.54 Å². The van der Waals surface area contributed by atoms with Gasteiger partial charge in [-0.3, -0.25) is 4.68 Å². The third-order valence-electron chi connectivity index (χ3n) is 3.11. The zero-order valence-corrected chi connectivity index (χ0v) is 13.5. The van der Waals surface area contributed by atoms with Crippen LogP contribution in [0.25, 0.3) is 11.1 Å². The predicted octanol–water partition coefficient (Wildman–Crippen LogP) is 4.86. The van der Waals surface area contributed by atoms with Gasteiger partial charge in [-0.25, -0.2) is 0 Å². The Labute approximate surface area is 136 Å². The third kappa shape index (κ3) is 2.88. The topological polar surface area (TPSA) is 17.8 Å². The van der Waals surface area contributed by atoms with E-state index in [2.05, 4.69) is 46.0 Å². The van der Waals surface area contributed by atoms with Gasteiger partial charge in [-0.2, -0.15) is 5.10 Å². The van der Waals surface area contributed by atoms with Gasteiger partial charge in [-0.15, -0.1) is 0 Å². The summed E-state index contributed by atoms with van der Waals surface area (Å²) in [6.07, 6.45) is 3.95. The Morgan fingerprint density at radius 1 is 1.05 bits per heavy atom. The highest BCUT2D eigenvalue weighted by Crippen LogP contribution is 2.25. The molecule has 4 heteroatoms. The van der Waals surface area contributed by atoms with E-state index >= 15 is 0 Å². The minimum atomic E-state index is 0.684. The van der Waals surface area contributed by atoms with Crippen LogP contribution in [0.3, 0.4) is 0 Å². The molecule has 1 heterocycles. The van der Waals surface area contributed by atoms with Gasteiger partial charge in [0.05, 0.1) is 12.7 Å². The molecular formula is C16H12ClIN2. The number of rotatable bonds is 3. The number of hydrogen-bond acceptors (Lipinski definition) is 1. The summed E-state index contributed by atoms with van der Waals surface area (Å²) >= 11 is 8.52. The van der Waals surface area contributed by atoms with Crippen LogP contribution in [0, 0.1) is 3.57 Å². The minimum Gasteiger partial charge on any atom is -0.268 e. The number of halogens is 2. The Balaban J connectivity index is 1.88. The maximum Gasteiger partial charge on any atom is 0.0674 e. The van der Waals surface area contributed by atoms with Gasteiger partial charge in [0.15, 0.2) is 0 Å². The molecular weight excluding hydrogens is 383 g/mol. The van der Waals surface area contributed by atoms with Crippen molar-refractivity contribution in [2.75, 3.05) is 0 Å². The van der Waals surface area contributed by atoms with Crippen molar-refractivity contribution in [3.8, 4) is 11.1 Å². The van der Waals surface area contributed by atoms with Crippen LogP contribution in [0.1, 0.15) is 5.56 Å². The first-order valence-corrected chi connectivity index (χ1v) is 7.70. The zero-order valence-electron chi connectivity index (χ0n) is 10.6. The predicted molar refractivity (Wildman–Crippen MR) is 90.9 cm³/mol. The SMILES string of the molecule is Clc1ccccc1Cn1cc(-c2ccccc2I)cn1. The van der Waals surface area contributed by atoms with Crippen molar-refractivity contribution in [3.63, 3.8) is 0 Å². The largest absolute Gasteiger partial charge is 0.268 e. The second-order valence-electron chi connectivity index (χ2n) is 4.50. The van der Waals surface area contributed by atoms with Crippen molar-refractivity contribution in [1.29, 1.82) is 0 Å². The minimum absolute atomic E-state index is 0.684. The lowest BCUT2D eigenvalue weighted by molar-refractivity contribution is 0.687. The molecule has 0 aliphatic heterocycles. The lowest BCUT2D eigenvalue weighted by atomic mass is 10.1. The molecule has 0 fully saturated rings. The summed E-state index contributed by atoms with van der Waals surface area (Å²) in [6, 6.07) is 16.2. The first-order valence-electron chi connectivity index (χ1n) is 6.25. The number of hydrogen-bond donors (Lipinski definition) is 0. The quantitative estimate of drug-likeness (QED) is 0.580. The van der Waals surface area contributed by atoms with Crippen LogP contribution in [0.2, 0.25) is 5.02 Å². The maximum atomic E-state index is 6.18. The van der Waals surface area contributed by atoms with Crippen molar-refractivity contribution in [3.05, 3.63) is 75.1 Å². The van der Waals surface area contributed by atoms with Crippen molar-refractivity contribution in [1.82, 2.24) is 9.78 Å². The molecule has 0 atom stereocenters. The van der Waals surface area contributed by atoms with Gasteiger partial charge in [-0.1, -0.05) is 48.0 Å². The van der Waals surface area contributed by atoms with Gasteiger partial charge in [0.25, 0.3) is 0 Å². The van der Waals surface area contributed by atoms with Gasteiger partial charge in [-0.05, 0) is 45.9 Å². The van der Waals surface area contributed by atoms with E-state index in [-0.39, 0.29) is 0 Å². The molecule has 1 aromatic heterocycles. The number of aromatic nitrogens is 2. The van der Waals surface area contributed by atoms with Crippen LogP contribution >= 0.6 is 34.2 Å². The fourth-order valence-electron chi connectivity index (χ4n) is 2.09. The zero-order chi connectivity index (χ0) is 13.9. The number of nitrogens with zero attached hydrogens (tertiary/aromatic N) is 2. The summed E-state index contributed by atoms with van der Waals surface area (Å²) in [5.74, 6) is 0. The van der Waals surface area contributed by atoms with Gasteiger partial charge in [0.2, 0.25) is 0 Å². The molecule has 0 spiro atoms. The molecule has 3 aromatic rings. The molecule has 2 nitrogen and oxygen atoms in total. The van der Waals surface area contributed by atoms with Gasteiger partial charge in [0, 0.05) is 20.4 Å². The fraction of sp³-hybridized carbons (Fsp3) is 0.0625. The smallest absolute Gasteiger partial charge is 0.0674 e. The molecule has 0 aliphatic rings. The first kappa shape index (κ1) is 13.6. The van der Waals surface area contributed by atoms with Gasteiger partial charge in [0.1, 0.15) is 0 Å². The van der Waals surface area contributed by atoms with E-state index in [0.29, 0.717) is 6.54 Å². The molecule has 0 N–H and O–H groups in total. The molecule has 0 unspecified atom stereocenters. The van der Waals surface area contributed by atoms with E-state index in [1.165, 1.54) is 9.13 Å². The summed E-state index contributed by atoms with van der Waals surface area (Å²) in [5.41, 5.74) is 3.41. The highest BCUT2D eigenvalue weighted by molar-refractivity contribution is 14.1. The Hall–Kier alpha value is -1.33. The lowest BCUT2D eigenvalue weighted by Crippen LogP contribution is -2.00. The second-order valence-corrected chi connectivity index (χ2v) is 6.07. The standard InChI is InChI=1S/C16H12ClIN2/c17-15-7-3-1-5-12(15)10-20-11-13(9-19-20)14-6-2-4-8-16(14)18/h1-9,11H,10H2. The van der Waals surface area contributed by atoms with E-state index in [1.807, 2.05) is 47.3 Å². The van der Waals surface area contributed by atoms with E-state index in [4.69, 9.17) is 11.6 Å². The normalized spacial score (nSPS) is 10.7. The van der Waals surface area contributed by atoms with Crippen molar-refractivity contribution < 1.29 is 0 Å². The van der Waals surface area contributed by atoms with Crippen LogP contribution < -0.4 is 0 Å². The van der Waals surface area contributed by atoms with Crippen LogP contribution in [0.4, 0.5) is 0 Å². The molecule has 2 aromatic carbocycles. The maximum absolute atomic E-state index is 6.18. The molecule has 0 aliphatic carbocycles. The third-order valence-corrected chi connectivity index (χ3v) is 4.42. The molecule has 0 amide bonds. The van der Waals surface area contributed by atoms with E-state index in [9.17, 15) is 0 Å². The van der Waals surface area contributed by atoms with Gasteiger partial charge < -0.3 is 0 Å². The summed E-state index contributed by atoms with van der Waals surface area (Å²) < 4.78 is 3.14. The Kier molecular flexibility index (Phi) is 4.08. The molecule has 0 saturated heterocycles. The van der Waals surface area contributed by atoms with Crippen molar-refractivity contribution in [2.45, 2.75) is 6.54 Å². The molecule has 0 bridgehead atoms. The molecule has 0 radical (unpaired) electrons. The first-order chi connectivity index (χ1) is 9.74. The van der Waals surface area contributed by atoms with Crippen LogP contribution in [0.5, 0.6) is 0 Å². The fourth-order valence-corrected chi connectivity index (χ4v) is 2.98. The van der Waals surface area contributed by atoms with Crippen molar-refractivity contribution >= 4 is 34.2 Å². The molecule has 20 heavy (non-hydrogen) atoms. The Morgan fingerprint density at radius 3 is 2.60 bits per heavy atom. The average molecular weight is 395 g/mol. The van der Waals surface area contributed by atoms with E-state index < -0.39 is 0 Å². The average Bonchev–Trinajstić information content (AvgIpc) is 2.90. The highest BCUT2D eigenvalue weighted by Gasteiger charge is 2.06. The van der Waals surface area contributed by atoms with E-state index in [0.717, 1.165) is 16.1 Å². The Morgan fingerprint density at radius 2 is 1.80 bits per heavy atom. The monoisotopic (exact) mass is 394 g/mol. The summed E-state index contributed by atoms with van der Waals surface area (Å²) in [6.45, 7) is 0.684. The molecule has 0 saturated carbocycles. The number of benzene rings is 2. The second kappa shape index (κ2) is 5.97. The van der Waals surface area contributed by atoms with E-state index in [1.54, 1.807) is 0 Å². The molecule has 3 rings (SSSR count). The lowest BCUT2D eigenvalue weighted by Gasteiger charge is -2.04. The van der Waals surface area contributed by atoms with Crippen LogP contribution in [0.15, 0.2) is 60.9 Å². The Bertz CT molecular complexity index is 737. The summed E-state index contributed by atoms with van der Waals surface area (Å²) in [5, 5.41) is 5.20.